The van der Waals surface area contributed by atoms with Gasteiger partial charge in [-0.15, -0.1) is 6.58 Å². The number of allylic oxidation sites excluding steroid dienone is 1. The number of hydrogen-bond donors (Lipinski definition) is 2. The van der Waals surface area contributed by atoms with Gasteiger partial charge < -0.3 is 14.8 Å². The van der Waals surface area contributed by atoms with E-state index >= 15 is 0 Å². The molecule has 0 heterocycles. The van der Waals surface area contributed by atoms with Crippen LogP contribution in [0.5, 0.6) is 11.5 Å². The standard InChI is InChI=1S/C30H32ClN3O4/c1-5-9-23-15-22(16-27(37-6-2)30(23)38-19-24-10-7-8-11-25(24)31)18-32-34-29(36)17-28(35)33-26-13-12-20(3)14-21(26)4/h5,7-8,10-16,18H,1,6,9,17,19H2,2-4H3,(H,33,35)(H,34,36). The van der Waals surface area contributed by atoms with Gasteiger partial charge in [-0.2, -0.15) is 5.10 Å². The molecule has 3 aromatic carbocycles. The molecule has 0 bridgehead atoms. The highest BCUT2D eigenvalue weighted by Crippen LogP contribution is 2.34. The lowest BCUT2D eigenvalue weighted by Crippen LogP contribution is -2.24. The second kappa shape index (κ2) is 14.0. The molecule has 198 valence electrons. The number of anilines is 1. The first-order valence-corrected chi connectivity index (χ1v) is 12.6. The number of rotatable bonds is 12. The van der Waals surface area contributed by atoms with Crippen molar-refractivity contribution in [3.05, 3.63) is 100 Å². The van der Waals surface area contributed by atoms with Gasteiger partial charge in [0.1, 0.15) is 13.0 Å². The van der Waals surface area contributed by atoms with Gasteiger partial charge in [0, 0.05) is 21.8 Å². The first-order valence-electron chi connectivity index (χ1n) is 12.3. The number of benzene rings is 3. The third kappa shape index (κ3) is 8.21. The number of ether oxygens (including phenoxy) is 2. The van der Waals surface area contributed by atoms with E-state index in [1.54, 1.807) is 12.1 Å². The SMILES string of the molecule is C=CCc1cc(C=NNC(=O)CC(=O)Nc2ccc(C)cc2C)cc(OCC)c1OCc1ccccc1Cl. The summed E-state index contributed by atoms with van der Waals surface area (Å²) in [6, 6.07) is 16.8. The van der Waals surface area contributed by atoms with Crippen molar-refractivity contribution in [3.8, 4) is 11.5 Å². The summed E-state index contributed by atoms with van der Waals surface area (Å²) in [5.41, 5.74) is 7.49. The minimum Gasteiger partial charge on any atom is -0.490 e. The molecule has 0 aromatic heterocycles. The third-order valence-electron chi connectivity index (χ3n) is 5.53. The van der Waals surface area contributed by atoms with Crippen molar-refractivity contribution < 1.29 is 19.1 Å². The van der Waals surface area contributed by atoms with E-state index in [-0.39, 0.29) is 13.0 Å². The maximum atomic E-state index is 12.3. The van der Waals surface area contributed by atoms with Crippen LogP contribution in [0, 0.1) is 13.8 Å². The Morgan fingerprint density at radius 1 is 1.03 bits per heavy atom. The lowest BCUT2D eigenvalue weighted by atomic mass is 10.1. The first-order chi connectivity index (χ1) is 18.3. The Labute approximate surface area is 228 Å². The zero-order valence-corrected chi connectivity index (χ0v) is 22.6. The van der Waals surface area contributed by atoms with E-state index in [1.807, 2.05) is 69.3 Å². The summed E-state index contributed by atoms with van der Waals surface area (Å²) in [7, 11) is 0. The van der Waals surface area contributed by atoms with Crippen molar-refractivity contribution >= 4 is 35.3 Å². The van der Waals surface area contributed by atoms with E-state index in [1.165, 1.54) is 6.21 Å². The monoisotopic (exact) mass is 533 g/mol. The smallest absolute Gasteiger partial charge is 0.249 e. The summed E-state index contributed by atoms with van der Waals surface area (Å²) >= 11 is 6.28. The Morgan fingerprint density at radius 3 is 2.53 bits per heavy atom. The van der Waals surface area contributed by atoms with Crippen molar-refractivity contribution in [2.24, 2.45) is 5.10 Å². The summed E-state index contributed by atoms with van der Waals surface area (Å²) in [6.07, 6.45) is 3.44. The van der Waals surface area contributed by atoms with Crippen LogP contribution in [0.3, 0.4) is 0 Å². The second-order valence-electron chi connectivity index (χ2n) is 8.65. The van der Waals surface area contributed by atoms with Crippen LogP contribution in [0.4, 0.5) is 5.69 Å². The molecular formula is C30H32ClN3O4. The van der Waals surface area contributed by atoms with E-state index in [9.17, 15) is 9.59 Å². The average Bonchev–Trinajstić information content (AvgIpc) is 2.86. The Bertz CT molecular complexity index is 1340. The maximum absolute atomic E-state index is 12.3. The minimum atomic E-state index is -0.528. The molecule has 2 amide bonds. The molecule has 3 aromatic rings. The van der Waals surface area contributed by atoms with Crippen LogP contribution >= 0.6 is 11.6 Å². The van der Waals surface area contributed by atoms with Crippen LogP contribution in [-0.4, -0.2) is 24.6 Å². The van der Waals surface area contributed by atoms with Gasteiger partial charge in [-0.25, -0.2) is 5.43 Å². The van der Waals surface area contributed by atoms with Crippen LogP contribution < -0.4 is 20.2 Å². The van der Waals surface area contributed by atoms with Gasteiger partial charge in [-0.1, -0.05) is 53.6 Å². The normalized spacial score (nSPS) is 10.7. The predicted molar refractivity (Wildman–Crippen MR) is 152 cm³/mol. The predicted octanol–water partition coefficient (Wildman–Crippen LogP) is 6.14. The quantitative estimate of drug-likeness (QED) is 0.127. The topological polar surface area (TPSA) is 89.0 Å². The molecule has 2 N–H and O–H groups in total. The number of amides is 2. The highest BCUT2D eigenvalue weighted by molar-refractivity contribution is 6.31. The molecule has 0 saturated heterocycles. The van der Waals surface area contributed by atoms with E-state index in [0.717, 1.165) is 22.3 Å². The number of hydrogen-bond acceptors (Lipinski definition) is 5. The van der Waals surface area contributed by atoms with E-state index < -0.39 is 11.8 Å². The number of halogens is 1. The maximum Gasteiger partial charge on any atom is 0.249 e. The molecule has 0 radical (unpaired) electrons. The van der Waals surface area contributed by atoms with Gasteiger partial charge in [0.2, 0.25) is 11.8 Å². The van der Waals surface area contributed by atoms with Crippen molar-refractivity contribution in [1.29, 1.82) is 0 Å². The van der Waals surface area contributed by atoms with E-state index in [2.05, 4.69) is 22.4 Å². The summed E-state index contributed by atoms with van der Waals surface area (Å²) in [5.74, 6) is 0.187. The van der Waals surface area contributed by atoms with Crippen molar-refractivity contribution in [1.82, 2.24) is 5.43 Å². The molecule has 0 unspecified atom stereocenters. The number of carbonyl (C=O) groups is 2. The van der Waals surface area contributed by atoms with E-state index in [0.29, 0.717) is 40.8 Å². The molecule has 0 saturated carbocycles. The number of hydrazone groups is 1. The number of aryl methyl sites for hydroxylation is 2. The Balaban J connectivity index is 1.68. The van der Waals surface area contributed by atoms with Gasteiger partial charge in [-0.05, 0) is 62.6 Å². The zero-order valence-electron chi connectivity index (χ0n) is 21.8. The van der Waals surface area contributed by atoms with Crippen LogP contribution in [0.1, 0.15) is 41.2 Å². The summed E-state index contributed by atoms with van der Waals surface area (Å²) in [5, 5.41) is 7.40. The molecule has 8 heteroatoms. The summed E-state index contributed by atoms with van der Waals surface area (Å²) in [4.78, 5) is 24.5. The third-order valence-corrected chi connectivity index (χ3v) is 5.90. The lowest BCUT2D eigenvalue weighted by Gasteiger charge is -2.17. The lowest BCUT2D eigenvalue weighted by molar-refractivity contribution is -0.126. The Hall–Kier alpha value is -4.10. The van der Waals surface area contributed by atoms with Gasteiger partial charge in [0.05, 0.1) is 12.8 Å². The molecule has 0 fully saturated rings. The Kier molecular flexibility index (Phi) is 10.5. The number of carbonyl (C=O) groups excluding carboxylic acids is 2. The molecule has 0 aliphatic carbocycles. The summed E-state index contributed by atoms with van der Waals surface area (Å²) < 4.78 is 12.0. The molecular weight excluding hydrogens is 502 g/mol. The van der Waals surface area contributed by atoms with Crippen LogP contribution in [0.25, 0.3) is 0 Å². The van der Waals surface area contributed by atoms with Crippen LogP contribution in [-0.2, 0) is 22.6 Å². The highest BCUT2D eigenvalue weighted by Gasteiger charge is 2.14. The molecule has 38 heavy (non-hydrogen) atoms. The minimum absolute atomic E-state index is 0.275. The molecule has 0 aliphatic rings. The zero-order chi connectivity index (χ0) is 27.5. The second-order valence-corrected chi connectivity index (χ2v) is 9.06. The van der Waals surface area contributed by atoms with Crippen molar-refractivity contribution in [2.75, 3.05) is 11.9 Å². The fraction of sp³-hybridized carbons (Fsp3) is 0.233. The molecule has 0 aliphatic heterocycles. The fourth-order valence-corrected chi connectivity index (χ4v) is 3.96. The fourth-order valence-electron chi connectivity index (χ4n) is 3.77. The molecule has 0 atom stereocenters. The van der Waals surface area contributed by atoms with Gasteiger partial charge in [0.25, 0.3) is 0 Å². The van der Waals surface area contributed by atoms with Crippen LogP contribution in [0.2, 0.25) is 5.02 Å². The molecule has 3 rings (SSSR count). The number of nitrogens with zero attached hydrogens (tertiary/aromatic N) is 1. The van der Waals surface area contributed by atoms with Gasteiger partial charge >= 0.3 is 0 Å². The molecule has 0 spiro atoms. The van der Waals surface area contributed by atoms with Crippen LogP contribution in [0.15, 0.2) is 72.4 Å². The summed E-state index contributed by atoms with van der Waals surface area (Å²) in [6.45, 7) is 10.3. The largest absolute Gasteiger partial charge is 0.490 e. The van der Waals surface area contributed by atoms with E-state index in [4.69, 9.17) is 21.1 Å². The molecule has 7 nitrogen and oxygen atoms in total. The van der Waals surface area contributed by atoms with Crippen molar-refractivity contribution in [2.45, 2.75) is 40.2 Å². The Morgan fingerprint density at radius 2 is 1.82 bits per heavy atom. The average molecular weight is 534 g/mol. The first kappa shape index (κ1) is 28.5. The van der Waals surface area contributed by atoms with Gasteiger partial charge in [-0.3, -0.25) is 9.59 Å². The van der Waals surface area contributed by atoms with Crippen molar-refractivity contribution in [3.63, 3.8) is 0 Å². The van der Waals surface area contributed by atoms with Gasteiger partial charge in [0.15, 0.2) is 11.5 Å². The highest BCUT2D eigenvalue weighted by atomic mass is 35.5. The number of nitrogens with one attached hydrogen (secondary N) is 2.